The molecule has 1 atom stereocenters. The molecular weight excluding hydrogens is 452 g/mol. The molecule has 0 spiro atoms. The lowest BCUT2D eigenvalue weighted by atomic mass is 10.0. The summed E-state index contributed by atoms with van der Waals surface area (Å²) in [6.45, 7) is 3.65. The van der Waals surface area contributed by atoms with Gasteiger partial charge in [-0.3, -0.25) is 4.79 Å². The standard InChI is InChI=1S/C29H34N4O3/c1-36-26-15-11-24(12-16-26)27(21-28(34)30-17-20-33-18-5-6-19-33)32-29(35)31-25-13-9-23(10-14-25)22-7-3-2-4-8-22/h2-4,7-16,27H,5-6,17-21H2,1H3,(H,30,34)(H2,31,32,35). The number of carbonyl (C=O) groups excluding carboxylic acids is 2. The minimum atomic E-state index is -0.480. The van der Waals surface area contributed by atoms with Crippen LogP contribution in [0.15, 0.2) is 78.9 Å². The van der Waals surface area contributed by atoms with Crippen LogP contribution in [0, 0.1) is 0 Å². The maximum Gasteiger partial charge on any atom is 0.319 e. The summed E-state index contributed by atoms with van der Waals surface area (Å²) >= 11 is 0. The van der Waals surface area contributed by atoms with E-state index in [1.807, 2.05) is 78.9 Å². The number of carbonyl (C=O) groups is 2. The Kier molecular flexibility index (Phi) is 8.94. The molecule has 7 nitrogen and oxygen atoms in total. The topological polar surface area (TPSA) is 82.7 Å². The van der Waals surface area contributed by atoms with Crippen LogP contribution < -0.4 is 20.7 Å². The lowest BCUT2D eigenvalue weighted by Gasteiger charge is -2.20. The SMILES string of the molecule is COc1ccc(C(CC(=O)NCCN2CCCC2)NC(=O)Nc2ccc(-c3ccccc3)cc2)cc1. The Morgan fingerprint density at radius 2 is 1.56 bits per heavy atom. The van der Waals surface area contributed by atoms with Crippen molar-refractivity contribution in [2.45, 2.75) is 25.3 Å². The zero-order chi connectivity index (χ0) is 25.2. The van der Waals surface area contributed by atoms with Gasteiger partial charge < -0.3 is 25.6 Å². The second kappa shape index (κ2) is 12.7. The molecule has 0 aliphatic carbocycles. The number of benzene rings is 3. The zero-order valence-electron chi connectivity index (χ0n) is 20.7. The van der Waals surface area contributed by atoms with Crippen molar-refractivity contribution in [2.24, 2.45) is 0 Å². The van der Waals surface area contributed by atoms with Crippen molar-refractivity contribution in [1.29, 1.82) is 0 Å². The van der Waals surface area contributed by atoms with Crippen molar-refractivity contribution >= 4 is 17.6 Å². The highest BCUT2D eigenvalue weighted by atomic mass is 16.5. The van der Waals surface area contributed by atoms with Crippen LogP contribution in [0.2, 0.25) is 0 Å². The Morgan fingerprint density at radius 3 is 2.22 bits per heavy atom. The summed E-state index contributed by atoms with van der Waals surface area (Å²) < 4.78 is 5.25. The molecule has 0 bridgehead atoms. The molecule has 3 amide bonds. The van der Waals surface area contributed by atoms with E-state index in [0.717, 1.165) is 42.1 Å². The monoisotopic (exact) mass is 486 g/mol. The van der Waals surface area contributed by atoms with Gasteiger partial charge in [-0.1, -0.05) is 54.6 Å². The van der Waals surface area contributed by atoms with Gasteiger partial charge in [0, 0.05) is 18.8 Å². The van der Waals surface area contributed by atoms with Crippen LogP contribution in [0.4, 0.5) is 10.5 Å². The fraction of sp³-hybridized carbons (Fsp3) is 0.310. The first-order valence-electron chi connectivity index (χ1n) is 12.5. The van der Waals surface area contributed by atoms with Gasteiger partial charge in [0.05, 0.1) is 19.6 Å². The predicted octanol–water partition coefficient (Wildman–Crippen LogP) is 4.83. The maximum absolute atomic E-state index is 12.9. The first kappa shape index (κ1) is 25.3. The first-order chi connectivity index (χ1) is 17.6. The molecule has 7 heteroatoms. The van der Waals surface area contributed by atoms with E-state index in [4.69, 9.17) is 4.74 Å². The third-order valence-electron chi connectivity index (χ3n) is 6.41. The molecule has 3 N–H and O–H groups in total. The average Bonchev–Trinajstić information content (AvgIpc) is 3.43. The van der Waals surface area contributed by atoms with Crippen LogP contribution in [0.5, 0.6) is 5.75 Å². The van der Waals surface area contributed by atoms with Gasteiger partial charge in [0.25, 0.3) is 0 Å². The Labute approximate surface area is 212 Å². The molecule has 1 heterocycles. The number of hydrogen-bond donors (Lipinski definition) is 3. The van der Waals surface area contributed by atoms with E-state index in [2.05, 4.69) is 20.9 Å². The Hall–Kier alpha value is -3.84. The highest BCUT2D eigenvalue weighted by Gasteiger charge is 2.19. The summed E-state index contributed by atoms with van der Waals surface area (Å²) in [5.74, 6) is 0.623. The van der Waals surface area contributed by atoms with Crippen molar-refractivity contribution < 1.29 is 14.3 Å². The number of hydrogen-bond acceptors (Lipinski definition) is 4. The van der Waals surface area contributed by atoms with Crippen molar-refractivity contribution in [3.05, 3.63) is 84.4 Å². The van der Waals surface area contributed by atoms with Crippen LogP contribution in [0.1, 0.15) is 30.9 Å². The van der Waals surface area contributed by atoms with E-state index in [1.165, 1.54) is 12.8 Å². The summed E-state index contributed by atoms with van der Waals surface area (Å²) in [6, 6.07) is 24.3. The lowest BCUT2D eigenvalue weighted by molar-refractivity contribution is -0.121. The number of likely N-dealkylation sites (tertiary alicyclic amines) is 1. The van der Waals surface area contributed by atoms with Crippen LogP contribution in [0.25, 0.3) is 11.1 Å². The summed E-state index contributed by atoms with van der Waals surface area (Å²) in [7, 11) is 1.61. The van der Waals surface area contributed by atoms with Crippen molar-refractivity contribution in [1.82, 2.24) is 15.5 Å². The second-order valence-corrected chi connectivity index (χ2v) is 8.97. The largest absolute Gasteiger partial charge is 0.497 e. The van der Waals surface area contributed by atoms with Gasteiger partial charge in [0.15, 0.2) is 0 Å². The Balaban J connectivity index is 1.36. The second-order valence-electron chi connectivity index (χ2n) is 8.97. The Bertz CT molecular complexity index is 1110. The average molecular weight is 487 g/mol. The minimum Gasteiger partial charge on any atom is -0.497 e. The molecule has 188 valence electrons. The molecule has 0 radical (unpaired) electrons. The lowest BCUT2D eigenvalue weighted by Crippen LogP contribution is -2.38. The molecule has 1 saturated heterocycles. The van der Waals surface area contributed by atoms with Crippen molar-refractivity contribution in [3.8, 4) is 16.9 Å². The van der Waals surface area contributed by atoms with Gasteiger partial charge in [0.2, 0.25) is 5.91 Å². The van der Waals surface area contributed by atoms with Crippen molar-refractivity contribution in [2.75, 3.05) is 38.6 Å². The smallest absolute Gasteiger partial charge is 0.319 e. The van der Waals surface area contributed by atoms with Crippen molar-refractivity contribution in [3.63, 3.8) is 0 Å². The maximum atomic E-state index is 12.9. The van der Waals surface area contributed by atoms with E-state index in [-0.39, 0.29) is 18.4 Å². The van der Waals surface area contributed by atoms with E-state index < -0.39 is 6.04 Å². The molecule has 3 aromatic carbocycles. The number of nitrogens with zero attached hydrogens (tertiary/aromatic N) is 1. The fourth-order valence-corrected chi connectivity index (χ4v) is 4.41. The van der Waals surface area contributed by atoms with Crippen LogP contribution in [-0.4, -0.2) is 50.1 Å². The molecule has 36 heavy (non-hydrogen) atoms. The van der Waals surface area contributed by atoms with Crippen LogP contribution >= 0.6 is 0 Å². The molecule has 3 aromatic rings. The van der Waals surface area contributed by atoms with Gasteiger partial charge in [-0.25, -0.2) is 4.79 Å². The van der Waals surface area contributed by atoms with Gasteiger partial charge in [-0.15, -0.1) is 0 Å². The zero-order valence-corrected chi connectivity index (χ0v) is 20.7. The molecule has 4 rings (SSSR count). The third-order valence-corrected chi connectivity index (χ3v) is 6.41. The molecular formula is C29H34N4O3. The number of urea groups is 1. The van der Waals surface area contributed by atoms with Gasteiger partial charge in [-0.2, -0.15) is 0 Å². The molecule has 1 unspecified atom stereocenters. The normalized spacial score (nSPS) is 14.1. The van der Waals surface area contributed by atoms with Crippen LogP contribution in [-0.2, 0) is 4.79 Å². The Morgan fingerprint density at radius 1 is 0.889 bits per heavy atom. The minimum absolute atomic E-state index is 0.0949. The highest BCUT2D eigenvalue weighted by molar-refractivity contribution is 5.90. The molecule has 1 aliphatic rings. The van der Waals surface area contributed by atoms with Gasteiger partial charge in [0.1, 0.15) is 5.75 Å². The van der Waals surface area contributed by atoms with Crippen LogP contribution in [0.3, 0.4) is 0 Å². The van der Waals surface area contributed by atoms with Gasteiger partial charge >= 0.3 is 6.03 Å². The number of ether oxygens (including phenoxy) is 1. The quantitative estimate of drug-likeness (QED) is 0.383. The number of nitrogens with one attached hydrogen (secondary N) is 3. The summed E-state index contributed by atoms with van der Waals surface area (Å²) in [4.78, 5) is 27.9. The van der Waals surface area contributed by atoms with E-state index in [9.17, 15) is 9.59 Å². The number of methoxy groups -OCH3 is 1. The van der Waals surface area contributed by atoms with E-state index >= 15 is 0 Å². The number of rotatable bonds is 10. The number of amides is 3. The van der Waals surface area contributed by atoms with Gasteiger partial charge in [-0.05, 0) is 66.9 Å². The molecule has 1 fully saturated rings. The summed E-state index contributed by atoms with van der Waals surface area (Å²) in [5, 5.41) is 8.85. The molecule has 0 saturated carbocycles. The van der Waals surface area contributed by atoms with E-state index in [1.54, 1.807) is 7.11 Å². The summed E-state index contributed by atoms with van der Waals surface area (Å²) in [5.41, 5.74) is 3.70. The summed E-state index contributed by atoms with van der Waals surface area (Å²) in [6.07, 6.45) is 2.59. The number of anilines is 1. The fourth-order valence-electron chi connectivity index (χ4n) is 4.41. The first-order valence-corrected chi connectivity index (χ1v) is 12.5. The highest BCUT2D eigenvalue weighted by Crippen LogP contribution is 2.23. The third kappa shape index (κ3) is 7.33. The van der Waals surface area contributed by atoms with E-state index in [0.29, 0.717) is 12.2 Å². The predicted molar refractivity (Wildman–Crippen MR) is 143 cm³/mol. The molecule has 1 aliphatic heterocycles. The molecule has 0 aromatic heterocycles.